The monoisotopic (exact) mass is 717 g/mol. The second-order valence-electron chi connectivity index (χ2n) is 10.9. The van der Waals surface area contributed by atoms with Crippen molar-refractivity contribution in [2.75, 3.05) is 39.3 Å². The van der Waals surface area contributed by atoms with Gasteiger partial charge in [0.05, 0.1) is 39.0 Å². The van der Waals surface area contributed by atoms with Gasteiger partial charge in [0.25, 0.3) is 10.0 Å². The Labute approximate surface area is 278 Å². The van der Waals surface area contributed by atoms with E-state index in [2.05, 4.69) is 21.2 Å². The zero-order chi connectivity index (χ0) is 33.4. The predicted molar refractivity (Wildman–Crippen MR) is 178 cm³/mol. The summed E-state index contributed by atoms with van der Waals surface area (Å²) in [5.74, 6) is 0.187. The Morgan fingerprint density at radius 3 is 2.20 bits per heavy atom. The summed E-state index contributed by atoms with van der Waals surface area (Å²) in [6.45, 7) is 1.08. The zero-order valence-corrected chi connectivity index (χ0v) is 29.0. The van der Waals surface area contributed by atoms with Crippen molar-refractivity contribution in [1.82, 2.24) is 10.2 Å². The summed E-state index contributed by atoms with van der Waals surface area (Å²) < 4.78 is 52.3. The van der Waals surface area contributed by atoms with Crippen LogP contribution in [0.4, 0.5) is 5.69 Å². The maximum Gasteiger partial charge on any atom is 0.265 e. The van der Waals surface area contributed by atoms with E-state index in [1.807, 2.05) is 24.3 Å². The van der Waals surface area contributed by atoms with E-state index in [9.17, 15) is 18.0 Å². The molecule has 1 atom stereocenters. The predicted octanol–water partition coefficient (Wildman–Crippen LogP) is 5.15. The van der Waals surface area contributed by atoms with Gasteiger partial charge < -0.3 is 29.2 Å². The van der Waals surface area contributed by atoms with E-state index in [0.29, 0.717) is 11.5 Å². The molecule has 3 aromatic rings. The van der Waals surface area contributed by atoms with Gasteiger partial charge in [-0.2, -0.15) is 0 Å². The number of hydrogen-bond acceptors (Lipinski definition) is 8. The number of hydrogen-bond donors (Lipinski definition) is 1. The van der Waals surface area contributed by atoms with E-state index in [1.54, 1.807) is 19.1 Å². The van der Waals surface area contributed by atoms with E-state index < -0.39 is 28.5 Å². The number of sulfonamides is 1. The summed E-state index contributed by atoms with van der Waals surface area (Å²) >= 11 is 3.47. The molecule has 1 fully saturated rings. The Bertz CT molecular complexity index is 1650. The Morgan fingerprint density at radius 1 is 0.891 bits per heavy atom. The lowest BCUT2D eigenvalue weighted by Gasteiger charge is -2.33. The molecule has 0 radical (unpaired) electrons. The first-order chi connectivity index (χ1) is 22.0. The first-order valence-electron chi connectivity index (χ1n) is 14.8. The van der Waals surface area contributed by atoms with Gasteiger partial charge in [0.2, 0.25) is 11.8 Å². The number of ether oxygens (including phenoxy) is 4. The van der Waals surface area contributed by atoms with Gasteiger partial charge in [0.15, 0.2) is 11.5 Å². The van der Waals surface area contributed by atoms with Gasteiger partial charge in [-0.1, -0.05) is 40.9 Å². The molecule has 0 unspecified atom stereocenters. The number of rotatable bonds is 14. The molecule has 248 valence electrons. The molecule has 2 amide bonds. The molecule has 1 saturated carbocycles. The van der Waals surface area contributed by atoms with Crippen molar-refractivity contribution in [3.05, 3.63) is 70.7 Å². The summed E-state index contributed by atoms with van der Waals surface area (Å²) in [5, 5.41) is 3.07. The number of anilines is 1. The third-order valence-electron chi connectivity index (χ3n) is 7.99. The molecule has 1 N–H and O–H groups in total. The van der Waals surface area contributed by atoms with Crippen molar-refractivity contribution in [2.45, 2.75) is 56.1 Å². The molecule has 0 spiro atoms. The van der Waals surface area contributed by atoms with Crippen molar-refractivity contribution in [3.63, 3.8) is 0 Å². The van der Waals surface area contributed by atoms with Gasteiger partial charge in [-0.25, -0.2) is 8.42 Å². The fourth-order valence-electron chi connectivity index (χ4n) is 5.42. The molecule has 0 saturated heterocycles. The van der Waals surface area contributed by atoms with Crippen LogP contribution >= 0.6 is 15.9 Å². The second kappa shape index (κ2) is 15.5. The molecule has 0 heterocycles. The molecule has 13 heteroatoms. The summed E-state index contributed by atoms with van der Waals surface area (Å²) in [5.41, 5.74) is 0.840. The molecule has 0 aromatic heterocycles. The average Bonchev–Trinajstić information content (AvgIpc) is 3.57. The minimum atomic E-state index is -4.44. The Balaban J connectivity index is 1.79. The number of amides is 2. The van der Waals surface area contributed by atoms with Crippen LogP contribution in [0.5, 0.6) is 23.0 Å². The van der Waals surface area contributed by atoms with Gasteiger partial charge in [0, 0.05) is 29.2 Å². The lowest BCUT2D eigenvalue weighted by molar-refractivity contribution is -0.139. The molecule has 4 rings (SSSR count). The number of benzene rings is 3. The lowest BCUT2D eigenvalue weighted by atomic mass is 10.1. The summed E-state index contributed by atoms with van der Waals surface area (Å²) in [4.78, 5) is 29.1. The summed E-state index contributed by atoms with van der Waals surface area (Å²) in [6, 6.07) is 15.4. The van der Waals surface area contributed by atoms with Crippen molar-refractivity contribution < 1.29 is 37.0 Å². The van der Waals surface area contributed by atoms with Crippen LogP contribution in [0.25, 0.3) is 0 Å². The summed E-state index contributed by atoms with van der Waals surface area (Å²) in [6.07, 6.45) is 3.83. The van der Waals surface area contributed by atoms with E-state index >= 15 is 0 Å². The quantitative estimate of drug-likeness (QED) is 0.243. The van der Waals surface area contributed by atoms with Gasteiger partial charge in [-0.15, -0.1) is 0 Å². The van der Waals surface area contributed by atoms with Gasteiger partial charge in [0.1, 0.15) is 24.1 Å². The third-order valence-corrected chi connectivity index (χ3v) is 10.2. The Kier molecular flexibility index (Phi) is 11.8. The number of halogens is 1. The highest BCUT2D eigenvalue weighted by atomic mass is 79.9. The van der Waals surface area contributed by atoms with Crippen molar-refractivity contribution >= 4 is 43.5 Å². The molecular formula is C33H40BrN3O8S. The van der Waals surface area contributed by atoms with E-state index in [0.717, 1.165) is 40.0 Å². The van der Waals surface area contributed by atoms with Crippen molar-refractivity contribution in [3.8, 4) is 23.0 Å². The number of nitrogens with zero attached hydrogens (tertiary/aromatic N) is 2. The summed E-state index contributed by atoms with van der Waals surface area (Å²) in [7, 11) is 1.27. The largest absolute Gasteiger partial charge is 0.497 e. The van der Waals surface area contributed by atoms with Crippen molar-refractivity contribution in [2.24, 2.45) is 0 Å². The van der Waals surface area contributed by atoms with Crippen LogP contribution in [0.2, 0.25) is 0 Å². The first-order valence-corrected chi connectivity index (χ1v) is 17.1. The SMILES string of the molecule is COc1ccc(OC)c(N(CC(=O)N(Cc2cccc(Br)c2)[C@H](C)C(=O)NC2CCCC2)S(=O)(=O)c2ccc(OC)c(OC)c2)c1. The molecule has 46 heavy (non-hydrogen) atoms. The molecule has 0 aliphatic heterocycles. The van der Waals surface area contributed by atoms with Crippen LogP contribution in [0, 0.1) is 0 Å². The van der Waals surface area contributed by atoms with E-state index in [4.69, 9.17) is 18.9 Å². The second-order valence-corrected chi connectivity index (χ2v) is 13.7. The molecule has 11 nitrogen and oxygen atoms in total. The molecular weight excluding hydrogens is 678 g/mol. The molecule has 0 bridgehead atoms. The number of methoxy groups -OCH3 is 4. The maximum atomic E-state index is 14.4. The van der Waals surface area contributed by atoms with Gasteiger partial charge >= 0.3 is 0 Å². The minimum absolute atomic E-state index is 0.0424. The number of carbonyl (C=O) groups excluding carboxylic acids is 2. The van der Waals surface area contributed by atoms with Crippen LogP contribution in [0.3, 0.4) is 0 Å². The highest BCUT2D eigenvalue weighted by molar-refractivity contribution is 9.10. The van der Waals surface area contributed by atoms with E-state index in [-0.39, 0.29) is 40.6 Å². The maximum absolute atomic E-state index is 14.4. The number of carbonyl (C=O) groups is 2. The third kappa shape index (κ3) is 8.05. The lowest BCUT2D eigenvalue weighted by Crippen LogP contribution is -2.52. The van der Waals surface area contributed by atoms with Crippen LogP contribution < -0.4 is 28.6 Å². The molecule has 3 aromatic carbocycles. The zero-order valence-electron chi connectivity index (χ0n) is 26.6. The van der Waals surface area contributed by atoms with Crippen LogP contribution in [-0.2, 0) is 26.2 Å². The van der Waals surface area contributed by atoms with Crippen molar-refractivity contribution in [1.29, 1.82) is 0 Å². The molecule has 1 aliphatic rings. The average molecular weight is 719 g/mol. The fraction of sp³-hybridized carbons (Fsp3) is 0.394. The number of nitrogens with one attached hydrogen (secondary N) is 1. The van der Waals surface area contributed by atoms with Gasteiger partial charge in [-0.3, -0.25) is 13.9 Å². The van der Waals surface area contributed by atoms with E-state index in [1.165, 1.54) is 57.6 Å². The molecule has 1 aliphatic carbocycles. The highest BCUT2D eigenvalue weighted by Gasteiger charge is 2.35. The standard InChI is InChI=1S/C33H40BrN3O8S/c1-22(33(39)35-25-11-6-7-12-25)36(20-23-9-8-10-24(34)17-23)32(38)21-37(28-18-26(42-2)13-15-29(28)43-3)46(40,41)27-14-16-30(44-4)31(19-27)45-5/h8-10,13-19,22,25H,6-7,11-12,20-21H2,1-5H3,(H,35,39)/t22-/m1/s1. The van der Waals surface area contributed by atoms with Crippen LogP contribution in [0.15, 0.2) is 70.0 Å². The first kappa shape index (κ1) is 34.9. The smallest absolute Gasteiger partial charge is 0.265 e. The Hall–Kier alpha value is -3.97. The minimum Gasteiger partial charge on any atom is -0.497 e. The topological polar surface area (TPSA) is 124 Å². The Morgan fingerprint density at radius 2 is 1.57 bits per heavy atom. The van der Waals surface area contributed by atoms with Crippen LogP contribution in [-0.4, -0.2) is 72.2 Å². The normalized spacial score (nSPS) is 13.9. The highest BCUT2D eigenvalue weighted by Crippen LogP contribution is 2.38. The fourth-order valence-corrected chi connectivity index (χ4v) is 7.29. The van der Waals surface area contributed by atoms with Crippen LogP contribution in [0.1, 0.15) is 38.2 Å². The van der Waals surface area contributed by atoms with Gasteiger partial charge in [-0.05, 0) is 61.7 Å².